The van der Waals surface area contributed by atoms with E-state index in [1.165, 1.54) is 22.7 Å². The van der Waals surface area contributed by atoms with Crippen LogP contribution >= 0.6 is 0 Å². The molecule has 1 aromatic rings. The number of carbonyl (C=O) groups excluding carboxylic acids is 1. The number of carbonyl (C=O) groups is 1. The third-order valence-corrected chi connectivity index (χ3v) is 5.64. The Morgan fingerprint density at radius 1 is 1.30 bits per heavy atom. The first-order chi connectivity index (χ1) is 10.7. The molecule has 1 aliphatic rings. The quantitative estimate of drug-likeness (QED) is 0.773. The van der Waals surface area contributed by atoms with Gasteiger partial charge in [0.2, 0.25) is 5.76 Å². The highest BCUT2D eigenvalue weighted by atomic mass is 32.2. The maximum Gasteiger partial charge on any atom is 0.292 e. The summed E-state index contributed by atoms with van der Waals surface area (Å²) in [5.41, 5.74) is 0.761. The number of rotatable bonds is 5. The molecule has 1 amide bonds. The smallest absolute Gasteiger partial charge is 0.292 e. The van der Waals surface area contributed by atoms with Crippen molar-refractivity contribution in [2.75, 3.05) is 40.3 Å². The average Bonchev–Trinajstić information content (AvgIpc) is 2.94. The number of aromatic nitrogens is 1. The summed E-state index contributed by atoms with van der Waals surface area (Å²) in [6.07, 6.45) is 0.756. The molecule has 0 radical (unpaired) electrons. The van der Waals surface area contributed by atoms with Crippen LogP contribution < -0.4 is 0 Å². The maximum atomic E-state index is 12.4. The summed E-state index contributed by atoms with van der Waals surface area (Å²) in [6, 6.07) is 1.67. The summed E-state index contributed by atoms with van der Waals surface area (Å²) in [7, 11) is -0.435. The van der Waals surface area contributed by atoms with Gasteiger partial charge in [0, 0.05) is 46.3 Å². The second kappa shape index (κ2) is 6.98. The number of piperazine rings is 1. The minimum atomic E-state index is -3.43. The number of nitrogens with zero attached hydrogens (tertiary/aromatic N) is 4. The molecule has 0 spiro atoms. The van der Waals surface area contributed by atoms with Crippen molar-refractivity contribution in [2.45, 2.75) is 20.3 Å². The van der Waals surface area contributed by atoms with Crippen LogP contribution in [0.3, 0.4) is 0 Å². The zero-order valence-electron chi connectivity index (χ0n) is 14.0. The Kier molecular flexibility index (Phi) is 5.43. The van der Waals surface area contributed by atoms with E-state index in [-0.39, 0.29) is 24.8 Å². The molecule has 1 saturated heterocycles. The van der Waals surface area contributed by atoms with Crippen LogP contribution in [0.1, 0.15) is 30.1 Å². The summed E-state index contributed by atoms with van der Waals surface area (Å²) in [5, 5.41) is 3.91. The lowest BCUT2D eigenvalue weighted by Gasteiger charge is -2.34. The molecule has 0 unspecified atom stereocenters. The average molecular weight is 344 g/mol. The summed E-state index contributed by atoms with van der Waals surface area (Å²) in [4.78, 5) is 14.0. The van der Waals surface area contributed by atoms with Crippen molar-refractivity contribution in [3.8, 4) is 0 Å². The van der Waals surface area contributed by atoms with Crippen LogP contribution in [-0.2, 0) is 16.6 Å². The fourth-order valence-corrected chi connectivity index (χ4v) is 3.52. The van der Waals surface area contributed by atoms with Gasteiger partial charge in [-0.1, -0.05) is 19.0 Å². The maximum absolute atomic E-state index is 12.4. The van der Waals surface area contributed by atoms with Gasteiger partial charge in [0.25, 0.3) is 16.1 Å². The van der Waals surface area contributed by atoms with E-state index in [4.69, 9.17) is 4.52 Å². The van der Waals surface area contributed by atoms with E-state index in [2.05, 4.69) is 19.0 Å². The fourth-order valence-electron chi connectivity index (χ4n) is 2.44. The lowest BCUT2D eigenvalue weighted by Crippen LogP contribution is -2.53. The molecular weight excluding hydrogens is 320 g/mol. The van der Waals surface area contributed by atoms with Crippen LogP contribution in [0.5, 0.6) is 0 Å². The lowest BCUT2D eigenvalue weighted by atomic mass is 10.1. The third-order valence-electron chi connectivity index (χ3n) is 3.70. The van der Waals surface area contributed by atoms with Gasteiger partial charge in [0.15, 0.2) is 0 Å². The van der Waals surface area contributed by atoms with Crippen LogP contribution in [0.4, 0.5) is 0 Å². The summed E-state index contributed by atoms with van der Waals surface area (Å²) in [6.45, 7) is 5.37. The molecule has 0 atom stereocenters. The minimum absolute atomic E-state index is 0.213. The minimum Gasteiger partial charge on any atom is -0.351 e. The van der Waals surface area contributed by atoms with Crippen molar-refractivity contribution in [1.29, 1.82) is 0 Å². The van der Waals surface area contributed by atoms with E-state index >= 15 is 0 Å². The summed E-state index contributed by atoms with van der Waals surface area (Å²) >= 11 is 0. The SMILES string of the molecule is CC(C)Cc1cc(C(=O)N2CCN(S(=O)(=O)N(C)C)CC2)on1. The molecule has 8 nitrogen and oxygen atoms in total. The second-order valence-electron chi connectivity index (χ2n) is 6.26. The van der Waals surface area contributed by atoms with E-state index in [0.29, 0.717) is 19.0 Å². The second-order valence-corrected chi connectivity index (χ2v) is 8.40. The lowest BCUT2D eigenvalue weighted by molar-refractivity contribution is 0.0653. The van der Waals surface area contributed by atoms with E-state index in [1.54, 1.807) is 11.0 Å². The predicted octanol–water partition coefficient (Wildman–Crippen LogP) is 0.437. The molecule has 0 aromatic carbocycles. The van der Waals surface area contributed by atoms with E-state index in [1.807, 2.05) is 0 Å². The van der Waals surface area contributed by atoms with E-state index in [0.717, 1.165) is 12.1 Å². The molecule has 2 rings (SSSR count). The zero-order valence-corrected chi connectivity index (χ0v) is 14.8. The van der Waals surface area contributed by atoms with Gasteiger partial charge >= 0.3 is 0 Å². The molecule has 1 aliphatic heterocycles. The molecule has 0 bridgehead atoms. The Balaban J connectivity index is 1.97. The highest BCUT2D eigenvalue weighted by Crippen LogP contribution is 2.15. The van der Waals surface area contributed by atoms with Crippen LogP contribution in [0, 0.1) is 5.92 Å². The third kappa shape index (κ3) is 4.10. The number of hydrogen-bond acceptors (Lipinski definition) is 5. The van der Waals surface area contributed by atoms with Crippen molar-refractivity contribution < 1.29 is 17.7 Å². The van der Waals surface area contributed by atoms with Crippen LogP contribution in [-0.4, -0.2) is 73.3 Å². The monoisotopic (exact) mass is 344 g/mol. The van der Waals surface area contributed by atoms with Crippen molar-refractivity contribution >= 4 is 16.1 Å². The molecule has 130 valence electrons. The highest BCUT2D eigenvalue weighted by molar-refractivity contribution is 7.86. The van der Waals surface area contributed by atoms with Crippen molar-refractivity contribution in [3.63, 3.8) is 0 Å². The van der Waals surface area contributed by atoms with Crippen LogP contribution in [0.2, 0.25) is 0 Å². The van der Waals surface area contributed by atoms with Gasteiger partial charge in [-0.15, -0.1) is 0 Å². The van der Waals surface area contributed by atoms with Crippen molar-refractivity contribution in [3.05, 3.63) is 17.5 Å². The van der Waals surface area contributed by atoms with E-state index < -0.39 is 10.2 Å². The Bertz CT molecular complexity index is 645. The van der Waals surface area contributed by atoms with E-state index in [9.17, 15) is 13.2 Å². The molecule has 9 heteroatoms. The van der Waals surface area contributed by atoms with Gasteiger partial charge in [-0.2, -0.15) is 17.0 Å². The van der Waals surface area contributed by atoms with Gasteiger partial charge in [0.05, 0.1) is 5.69 Å². The van der Waals surface area contributed by atoms with Gasteiger partial charge < -0.3 is 9.42 Å². The molecule has 1 fully saturated rings. The normalized spacial score (nSPS) is 17.2. The van der Waals surface area contributed by atoms with Gasteiger partial charge in [-0.05, 0) is 12.3 Å². The molecule has 0 aliphatic carbocycles. The fraction of sp³-hybridized carbons (Fsp3) is 0.714. The van der Waals surface area contributed by atoms with Gasteiger partial charge in [0.1, 0.15) is 0 Å². The number of amides is 1. The van der Waals surface area contributed by atoms with Gasteiger partial charge in [-0.25, -0.2) is 0 Å². The van der Waals surface area contributed by atoms with Crippen molar-refractivity contribution in [2.24, 2.45) is 5.92 Å². The first kappa shape index (κ1) is 17.9. The van der Waals surface area contributed by atoms with Crippen molar-refractivity contribution in [1.82, 2.24) is 18.7 Å². The van der Waals surface area contributed by atoms with Crippen LogP contribution in [0.25, 0.3) is 0 Å². The Morgan fingerprint density at radius 2 is 1.91 bits per heavy atom. The first-order valence-electron chi connectivity index (χ1n) is 7.64. The Hall–Kier alpha value is -1.45. The van der Waals surface area contributed by atoms with Crippen LogP contribution in [0.15, 0.2) is 10.6 Å². The topological polar surface area (TPSA) is 87.0 Å². The zero-order chi connectivity index (χ0) is 17.2. The molecule has 0 saturated carbocycles. The Labute approximate surface area is 137 Å². The Morgan fingerprint density at radius 3 is 2.43 bits per heavy atom. The highest BCUT2D eigenvalue weighted by Gasteiger charge is 2.31. The molecule has 1 aromatic heterocycles. The first-order valence-corrected chi connectivity index (χ1v) is 9.04. The predicted molar refractivity (Wildman–Crippen MR) is 85.1 cm³/mol. The summed E-state index contributed by atoms with van der Waals surface area (Å²) < 4.78 is 31.8. The largest absolute Gasteiger partial charge is 0.351 e. The standard InChI is InChI=1S/C14H24N4O4S/c1-11(2)9-12-10-13(22-15-12)14(19)17-5-7-18(8-6-17)23(20,21)16(3)4/h10-11H,5-9H2,1-4H3. The van der Waals surface area contributed by atoms with Gasteiger partial charge in [-0.3, -0.25) is 4.79 Å². The molecule has 2 heterocycles. The molecular formula is C14H24N4O4S. The number of hydrogen-bond donors (Lipinski definition) is 0. The molecule has 23 heavy (non-hydrogen) atoms. The summed E-state index contributed by atoms with van der Waals surface area (Å²) in [5.74, 6) is 0.404. The molecule has 0 N–H and O–H groups in total.